The van der Waals surface area contributed by atoms with Crippen LogP contribution >= 0.6 is 0 Å². The summed E-state index contributed by atoms with van der Waals surface area (Å²) in [6.07, 6.45) is 6.86. The summed E-state index contributed by atoms with van der Waals surface area (Å²) in [6.45, 7) is 0.879. The average molecular weight is 281 g/mol. The van der Waals surface area contributed by atoms with Gasteiger partial charge in [-0.1, -0.05) is 17.7 Å². The first-order chi connectivity index (χ1) is 9.68. The quantitative estimate of drug-likeness (QED) is 0.618. The molecule has 0 fully saturated rings. The van der Waals surface area contributed by atoms with Gasteiger partial charge in [-0.3, -0.25) is 0 Å². The zero-order valence-electron chi connectivity index (χ0n) is 11.5. The van der Waals surface area contributed by atoms with Gasteiger partial charge in [0.25, 0.3) is 0 Å². The van der Waals surface area contributed by atoms with Gasteiger partial charge in [-0.05, 0) is 50.8 Å². The van der Waals surface area contributed by atoms with Crippen LogP contribution in [0.25, 0.3) is 0 Å². The van der Waals surface area contributed by atoms with Gasteiger partial charge in [0.05, 0.1) is 11.7 Å². The van der Waals surface area contributed by atoms with Gasteiger partial charge >= 0.3 is 0 Å². The molecule has 0 aliphatic heterocycles. The Morgan fingerprint density at radius 1 is 1.20 bits per heavy atom. The summed E-state index contributed by atoms with van der Waals surface area (Å²) in [5.41, 5.74) is 1.19. The van der Waals surface area contributed by atoms with E-state index in [0.29, 0.717) is 0 Å². The fourth-order valence-corrected chi connectivity index (χ4v) is 2.55. The molecular formula is C16H21F2NO. The molecule has 4 heteroatoms. The fraction of sp³-hybridized carbons (Fsp3) is 0.500. The van der Waals surface area contributed by atoms with Crippen LogP contribution in [0, 0.1) is 11.6 Å². The number of nitrogens with one attached hydrogen (secondary N) is 1. The first-order valence-electron chi connectivity index (χ1n) is 7.19. The van der Waals surface area contributed by atoms with Crippen LogP contribution in [0.1, 0.15) is 43.8 Å². The Morgan fingerprint density at radius 3 is 2.60 bits per heavy atom. The zero-order chi connectivity index (χ0) is 14.4. The minimum atomic E-state index is -1.16. The summed E-state index contributed by atoms with van der Waals surface area (Å²) in [5, 5.41) is 12.9. The lowest BCUT2D eigenvalue weighted by molar-refractivity contribution is 0.165. The van der Waals surface area contributed by atoms with Gasteiger partial charge in [0.1, 0.15) is 11.6 Å². The molecule has 20 heavy (non-hydrogen) atoms. The van der Waals surface area contributed by atoms with Crippen molar-refractivity contribution >= 4 is 0 Å². The van der Waals surface area contributed by atoms with Crippen LogP contribution in [-0.2, 0) is 0 Å². The zero-order valence-corrected chi connectivity index (χ0v) is 11.5. The van der Waals surface area contributed by atoms with E-state index in [4.69, 9.17) is 0 Å². The van der Waals surface area contributed by atoms with E-state index in [1.807, 2.05) is 0 Å². The predicted octanol–water partition coefficient (Wildman–Crippen LogP) is 3.48. The van der Waals surface area contributed by atoms with Crippen molar-refractivity contribution in [2.75, 3.05) is 13.1 Å². The molecule has 1 aromatic carbocycles. The lowest BCUT2D eigenvalue weighted by Crippen LogP contribution is -2.24. The SMILES string of the molecule is OC(CNCCC1=CCCCC1)c1c(F)cccc1F. The molecule has 2 N–H and O–H groups in total. The number of hydrogen-bond donors (Lipinski definition) is 2. The highest BCUT2D eigenvalue weighted by Gasteiger charge is 2.17. The number of rotatable bonds is 6. The number of halogens is 2. The molecule has 1 aromatic rings. The summed E-state index contributed by atoms with van der Waals surface area (Å²) in [7, 11) is 0. The molecule has 0 radical (unpaired) electrons. The minimum Gasteiger partial charge on any atom is -0.387 e. The van der Waals surface area contributed by atoms with Gasteiger partial charge in [-0.2, -0.15) is 0 Å². The second kappa shape index (κ2) is 7.50. The normalized spacial score (nSPS) is 16.9. The molecule has 1 aliphatic carbocycles. The van der Waals surface area contributed by atoms with Crippen LogP contribution in [0.15, 0.2) is 29.8 Å². The van der Waals surface area contributed by atoms with Crippen molar-refractivity contribution in [1.29, 1.82) is 0 Å². The van der Waals surface area contributed by atoms with Gasteiger partial charge in [0.15, 0.2) is 0 Å². The van der Waals surface area contributed by atoms with Crippen LogP contribution in [0.2, 0.25) is 0 Å². The second-order valence-corrected chi connectivity index (χ2v) is 5.21. The summed E-state index contributed by atoms with van der Waals surface area (Å²) >= 11 is 0. The predicted molar refractivity (Wildman–Crippen MR) is 75.4 cm³/mol. The van der Waals surface area contributed by atoms with Gasteiger partial charge < -0.3 is 10.4 Å². The van der Waals surface area contributed by atoms with E-state index in [9.17, 15) is 13.9 Å². The van der Waals surface area contributed by atoms with E-state index >= 15 is 0 Å². The molecule has 0 heterocycles. The summed E-state index contributed by atoms with van der Waals surface area (Å²) in [6, 6.07) is 3.62. The van der Waals surface area contributed by atoms with E-state index in [1.165, 1.54) is 24.5 Å². The van der Waals surface area contributed by atoms with Crippen LogP contribution in [-0.4, -0.2) is 18.2 Å². The van der Waals surface area contributed by atoms with E-state index < -0.39 is 17.7 Å². The molecular weight excluding hydrogens is 260 g/mol. The van der Waals surface area contributed by atoms with Crippen molar-refractivity contribution in [1.82, 2.24) is 5.32 Å². The number of aliphatic hydroxyl groups excluding tert-OH is 1. The second-order valence-electron chi connectivity index (χ2n) is 5.21. The lowest BCUT2D eigenvalue weighted by atomic mass is 9.97. The van der Waals surface area contributed by atoms with Crippen LogP contribution in [0.3, 0.4) is 0 Å². The van der Waals surface area contributed by atoms with E-state index in [-0.39, 0.29) is 12.1 Å². The Hall–Kier alpha value is -1.26. The van der Waals surface area contributed by atoms with Gasteiger partial charge in [-0.25, -0.2) is 8.78 Å². The van der Waals surface area contributed by atoms with Crippen LogP contribution < -0.4 is 5.32 Å². The molecule has 0 spiro atoms. The third-order valence-corrected chi connectivity index (χ3v) is 3.68. The molecule has 2 nitrogen and oxygen atoms in total. The Kier molecular flexibility index (Phi) is 5.68. The maximum atomic E-state index is 13.5. The molecule has 1 atom stereocenters. The fourth-order valence-electron chi connectivity index (χ4n) is 2.55. The molecule has 1 aliphatic rings. The first kappa shape index (κ1) is 15.1. The number of aliphatic hydroxyl groups is 1. The molecule has 0 aromatic heterocycles. The molecule has 110 valence electrons. The lowest BCUT2D eigenvalue weighted by Gasteiger charge is -2.15. The van der Waals surface area contributed by atoms with Gasteiger partial charge in [0.2, 0.25) is 0 Å². The molecule has 0 amide bonds. The first-order valence-corrected chi connectivity index (χ1v) is 7.19. The third-order valence-electron chi connectivity index (χ3n) is 3.68. The smallest absolute Gasteiger partial charge is 0.131 e. The van der Waals surface area contributed by atoms with Crippen molar-refractivity contribution in [3.8, 4) is 0 Å². The molecule has 1 unspecified atom stereocenters. The Labute approximate surface area is 118 Å². The Balaban J connectivity index is 1.77. The third kappa shape index (κ3) is 4.12. The van der Waals surface area contributed by atoms with Gasteiger partial charge in [0, 0.05) is 6.54 Å². The standard InChI is InChI=1S/C16H21F2NO/c17-13-7-4-8-14(18)16(13)15(20)11-19-10-9-12-5-2-1-3-6-12/h4-5,7-8,15,19-20H,1-3,6,9-11H2. The van der Waals surface area contributed by atoms with Crippen molar-refractivity contribution < 1.29 is 13.9 Å². The van der Waals surface area contributed by atoms with Crippen molar-refractivity contribution in [3.05, 3.63) is 47.0 Å². The highest BCUT2D eigenvalue weighted by Crippen LogP contribution is 2.21. The van der Waals surface area contributed by atoms with E-state index in [2.05, 4.69) is 11.4 Å². The van der Waals surface area contributed by atoms with E-state index in [0.717, 1.165) is 37.9 Å². The van der Waals surface area contributed by atoms with Crippen molar-refractivity contribution in [2.24, 2.45) is 0 Å². The van der Waals surface area contributed by atoms with Crippen molar-refractivity contribution in [3.63, 3.8) is 0 Å². The molecule has 2 rings (SSSR count). The molecule has 0 bridgehead atoms. The highest BCUT2D eigenvalue weighted by molar-refractivity contribution is 5.22. The highest BCUT2D eigenvalue weighted by atomic mass is 19.1. The number of allylic oxidation sites excluding steroid dienone is 1. The molecule has 0 saturated heterocycles. The summed E-state index contributed by atoms with van der Waals surface area (Å²) in [5.74, 6) is -1.40. The van der Waals surface area contributed by atoms with Gasteiger partial charge in [-0.15, -0.1) is 0 Å². The minimum absolute atomic E-state index is 0.158. The topological polar surface area (TPSA) is 32.3 Å². The van der Waals surface area contributed by atoms with E-state index in [1.54, 1.807) is 0 Å². The number of benzene rings is 1. The largest absolute Gasteiger partial charge is 0.387 e. The summed E-state index contributed by atoms with van der Waals surface area (Å²) in [4.78, 5) is 0. The average Bonchev–Trinajstić information content (AvgIpc) is 2.44. The molecule has 0 saturated carbocycles. The maximum absolute atomic E-state index is 13.5. The van der Waals surface area contributed by atoms with Crippen molar-refractivity contribution in [2.45, 2.75) is 38.2 Å². The van der Waals surface area contributed by atoms with Crippen LogP contribution in [0.4, 0.5) is 8.78 Å². The summed E-state index contributed by atoms with van der Waals surface area (Å²) < 4.78 is 26.9. The monoisotopic (exact) mass is 281 g/mol. The number of hydrogen-bond acceptors (Lipinski definition) is 2. The van der Waals surface area contributed by atoms with Crippen LogP contribution in [0.5, 0.6) is 0 Å². The maximum Gasteiger partial charge on any atom is 0.131 e. The Bertz CT molecular complexity index is 453. The Morgan fingerprint density at radius 2 is 1.95 bits per heavy atom.